The number of rotatable bonds is 5. The van der Waals surface area contributed by atoms with Crippen LogP contribution >= 0.6 is 11.6 Å². The van der Waals surface area contributed by atoms with Crippen molar-refractivity contribution >= 4 is 34.0 Å². The van der Waals surface area contributed by atoms with E-state index in [2.05, 4.69) is 15.6 Å². The van der Waals surface area contributed by atoms with E-state index in [1.165, 1.54) is 12.1 Å². The number of hydrogen-bond donors (Lipinski definition) is 1. The largest absolute Gasteiger partial charge is 0.497 e. The Labute approximate surface area is 182 Å². The Morgan fingerprint density at radius 2 is 1.90 bits per heavy atom. The van der Waals surface area contributed by atoms with Crippen molar-refractivity contribution in [1.82, 2.24) is 19.8 Å². The summed E-state index contributed by atoms with van der Waals surface area (Å²) >= 11 is 6.25. The number of methoxy groups -OCH3 is 1. The highest BCUT2D eigenvalue weighted by Crippen LogP contribution is 2.30. The number of halogens is 2. The molecule has 0 atom stereocenters. The minimum absolute atomic E-state index is 0.343. The van der Waals surface area contributed by atoms with E-state index in [1.54, 1.807) is 29.8 Å². The van der Waals surface area contributed by atoms with Crippen LogP contribution in [0.3, 0.4) is 0 Å². The Hall–Kier alpha value is -3.71. The highest BCUT2D eigenvalue weighted by molar-refractivity contribution is 6.31. The summed E-state index contributed by atoms with van der Waals surface area (Å²) in [5.41, 5.74) is 3.50. The molecule has 0 aliphatic carbocycles. The average molecular weight is 434 g/mol. The Morgan fingerprint density at radius 3 is 2.68 bits per heavy atom. The minimum atomic E-state index is -0.343. The summed E-state index contributed by atoms with van der Waals surface area (Å²) in [6.45, 7) is 0.547. The second-order valence-corrected chi connectivity index (χ2v) is 7.44. The standard InChI is InChI=1S/C23H17ClFN5O/c1-31-18-8-5-14(6-9-18)13-26-22-19-12-16(24)7-10-20(19)30-23(27-22)21(28-29-30)15-3-2-4-17(25)11-15/h2-12H,13H2,1H3,(H,26,27). The molecule has 0 saturated heterocycles. The maximum atomic E-state index is 13.8. The molecular weight excluding hydrogens is 417 g/mol. The van der Waals surface area contributed by atoms with Crippen molar-refractivity contribution in [3.63, 3.8) is 0 Å². The first-order valence-corrected chi connectivity index (χ1v) is 9.97. The number of ether oxygens (including phenoxy) is 1. The normalized spacial score (nSPS) is 11.2. The highest BCUT2D eigenvalue weighted by atomic mass is 35.5. The van der Waals surface area contributed by atoms with E-state index < -0.39 is 0 Å². The van der Waals surface area contributed by atoms with Crippen molar-refractivity contribution < 1.29 is 9.13 Å². The molecule has 154 valence electrons. The fourth-order valence-corrected chi connectivity index (χ4v) is 3.65. The van der Waals surface area contributed by atoms with Gasteiger partial charge in [-0.05, 0) is 48.0 Å². The zero-order chi connectivity index (χ0) is 21.4. The molecule has 5 aromatic rings. The SMILES string of the molecule is COc1ccc(CNc2nc3c(-c4cccc(F)c4)nnn3c3ccc(Cl)cc23)cc1. The first-order valence-electron chi connectivity index (χ1n) is 9.60. The first kappa shape index (κ1) is 19.3. The Balaban J connectivity index is 1.62. The van der Waals surface area contributed by atoms with Gasteiger partial charge in [-0.25, -0.2) is 9.37 Å². The Kier molecular flexibility index (Phi) is 4.88. The average Bonchev–Trinajstić information content (AvgIpc) is 3.21. The van der Waals surface area contributed by atoms with E-state index in [-0.39, 0.29) is 5.82 Å². The molecule has 0 radical (unpaired) electrons. The van der Waals surface area contributed by atoms with Crippen LogP contribution in [0.2, 0.25) is 5.02 Å². The molecule has 5 rings (SSSR count). The van der Waals surface area contributed by atoms with Crippen molar-refractivity contribution in [1.29, 1.82) is 0 Å². The number of aromatic nitrogens is 4. The number of nitrogens with one attached hydrogen (secondary N) is 1. The van der Waals surface area contributed by atoms with Gasteiger partial charge in [0.05, 0.1) is 12.6 Å². The molecule has 1 N–H and O–H groups in total. The molecule has 0 spiro atoms. The molecule has 0 unspecified atom stereocenters. The van der Waals surface area contributed by atoms with Gasteiger partial charge in [0.25, 0.3) is 0 Å². The van der Waals surface area contributed by atoms with Crippen LogP contribution in [-0.2, 0) is 6.54 Å². The third kappa shape index (κ3) is 3.64. The summed E-state index contributed by atoms with van der Waals surface area (Å²) in [6.07, 6.45) is 0. The number of hydrogen-bond acceptors (Lipinski definition) is 5. The van der Waals surface area contributed by atoms with Crippen molar-refractivity contribution in [3.8, 4) is 17.0 Å². The molecule has 0 aliphatic rings. The highest BCUT2D eigenvalue weighted by Gasteiger charge is 2.16. The summed E-state index contributed by atoms with van der Waals surface area (Å²) in [6, 6.07) is 19.5. The lowest BCUT2D eigenvalue weighted by Gasteiger charge is -2.11. The lowest BCUT2D eigenvalue weighted by atomic mass is 10.1. The van der Waals surface area contributed by atoms with Crippen molar-refractivity contribution in [2.45, 2.75) is 6.54 Å². The number of nitrogens with zero attached hydrogens (tertiary/aromatic N) is 4. The second kappa shape index (κ2) is 7.85. The lowest BCUT2D eigenvalue weighted by molar-refractivity contribution is 0.414. The van der Waals surface area contributed by atoms with E-state index in [4.69, 9.17) is 21.3 Å². The van der Waals surface area contributed by atoms with E-state index in [0.717, 1.165) is 22.2 Å². The van der Waals surface area contributed by atoms with E-state index >= 15 is 0 Å². The summed E-state index contributed by atoms with van der Waals surface area (Å²) in [7, 11) is 1.64. The summed E-state index contributed by atoms with van der Waals surface area (Å²) in [5, 5.41) is 13.3. The van der Waals surface area contributed by atoms with E-state index in [0.29, 0.717) is 34.3 Å². The zero-order valence-electron chi connectivity index (χ0n) is 16.5. The van der Waals surface area contributed by atoms with Crippen LogP contribution in [0.1, 0.15) is 5.56 Å². The van der Waals surface area contributed by atoms with Crippen LogP contribution in [0.5, 0.6) is 5.75 Å². The van der Waals surface area contributed by atoms with Crippen LogP contribution in [-0.4, -0.2) is 26.9 Å². The van der Waals surface area contributed by atoms with E-state index in [9.17, 15) is 4.39 Å². The number of fused-ring (bicyclic) bond motifs is 3. The fraction of sp³-hybridized carbons (Fsp3) is 0.0870. The molecule has 8 heteroatoms. The maximum Gasteiger partial charge on any atom is 0.186 e. The smallest absolute Gasteiger partial charge is 0.186 e. The van der Waals surface area contributed by atoms with Crippen LogP contribution in [0, 0.1) is 5.82 Å². The molecule has 0 fully saturated rings. The summed E-state index contributed by atoms with van der Waals surface area (Å²) in [4.78, 5) is 4.78. The van der Waals surface area contributed by atoms with Crippen LogP contribution in [0.15, 0.2) is 66.7 Å². The maximum absolute atomic E-state index is 13.8. The van der Waals surface area contributed by atoms with Gasteiger partial charge in [0, 0.05) is 22.5 Å². The van der Waals surface area contributed by atoms with Gasteiger partial charge >= 0.3 is 0 Å². The molecule has 2 heterocycles. The topological polar surface area (TPSA) is 64.3 Å². The van der Waals surface area contributed by atoms with Gasteiger partial charge in [0.15, 0.2) is 5.65 Å². The van der Waals surface area contributed by atoms with Crippen molar-refractivity contribution in [3.05, 3.63) is 83.1 Å². The minimum Gasteiger partial charge on any atom is -0.497 e. The molecule has 3 aromatic carbocycles. The van der Waals surface area contributed by atoms with Gasteiger partial charge in [0.2, 0.25) is 0 Å². The molecule has 0 saturated carbocycles. The molecule has 0 aliphatic heterocycles. The molecule has 31 heavy (non-hydrogen) atoms. The van der Waals surface area contributed by atoms with Crippen LogP contribution in [0.25, 0.3) is 27.8 Å². The summed E-state index contributed by atoms with van der Waals surface area (Å²) < 4.78 is 20.6. The predicted molar refractivity (Wildman–Crippen MR) is 119 cm³/mol. The predicted octanol–water partition coefficient (Wildman–Crippen LogP) is 5.36. The van der Waals surface area contributed by atoms with Crippen molar-refractivity contribution in [2.75, 3.05) is 12.4 Å². The van der Waals surface area contributed by atoms with Gasteiger partial charge in [-0.2, -0.15) is 4.52 Å². The number of benzene rings is 3. The monoisotopic (exact) mass is 433 g/mol. The van der Waals surface area contributed by atoms with Crippen molar-refractivity contribution in [2.24, 2.45) is 0 Å². The lowest BCUT2D eigenvalue weighted by Crippen LogP contribution is -2.05. The molecule has 0 amide bonds. The van der Waals surface area contributed by atoms with Gasteiger partial charge in [0.1, 0.15) is 23.1 Å². The Morgan fingerprint density at radius 1 is 1.06 bits per heavy atom. The fourth-order valence-electron chi connectivity index (χ4n) is 3.47. The van der Waals surface area contributed by atoms with Gasteiger partial charge in [-0.15, -0.1) is 5.10 Å². The first-order chi connectivity index (χ1) is 15.1. The summed E-state index contributed by atoms with van der Waals surface area (Å²) in [5.74, 6) is 1.09. The molecule has 0 bridgehead atoms. The Bertz CT molecular complexity index is 1400. The third-order valence-electron chi connectivity index (χ3n) is 5.02. The van der Waals surface area contributed by atoms with Gasteiger partial charge < -0.3 is 10.1 Å². The van der Waals surface area contributed by atoms with Gasteiger partial charge in [-0.1, -0.05) is 41.1 Å². The number of anilines is 1. The second-order valence-electron chi connectivity index (χ2n) is 7.01. The van der Waals surface area contributed by atoms with Crippen LogP contribution in [0.4, 0.5) is 10.2 Å². The molecular formula is C23H17ClFN5O. The molecule has 2 aromatic heterocycles. The van der Waals surface area contributed by atoms with Crippen LogP contribution < -0.4 is 10.1 Å². The molecule has 6 nitrogen and oxygen atoms in total. The third-order valence-corrected chi connectivity index (χ3v) is 5.26. The van der Waals surface area contributed by atoms with E-state index in [1.807, 2.05) is 36.4 Å². The van der Waals surface area contributed by atoms with Gasteiger partial charge in [-0.3, -0.25) is 0 Å². The zero-order valence-corrected chi connectivity index (χ0v) is 17.3. The quantitative estimate of drug-likeness (QED) is 0.404.